The first-order valence-electron chi connectivity index (χ1n) is 9.31. The third kappa shape index (κ3) is 15.8. The van der Waals surface area contributed by atoms with Gasteiger partial charge in [-0.2, -0.15) is 0 Å². The summed E-state index contributed by atoms with van der Waals surface area (Å²) in [5, 5.41) is 0. The Hall–Kier alpha value is -0.260. The van der Waals surface area contributed by atoms with Crippen LogP contribution in [-0.2, 0) is 0 Å². The molecule has 1 atom stereocenters. The second-order valence-electron chi connectivity index (χ2n) is 6.93. The average molecular weight is 281 g/mol. The number of allylic oxidation sites excluding steroid dienone is 1. The molecule has 0 fully saturated rings. The molecule has 0 rings (SSSR count). The van der Waals surface area contributed by atoms with Gasteiger partial charge in [0.15, 0.2) is 0 Å². The first kappa shape index (κ1) is 19.7. The van der Waals surface area contributed by atoms with Gasteiger partial charge in [0.1, 0.15) is 0 Å². The van der Waals surface area contributed by atoms with Crippen LogP contribution in [0.4, 0.5) is 0 Å². The summed E-state index contributed by atoms with van der Waals surface area (Å²) in [6.07, 6.45) is 19.9. The molecule has 0 aromatic carbocycles. The van der Waals surface area contributed by atoms with E-state index in [1.54, 1.807) is 0 Å². The quantitative estimate of drug-likeness (QED) is 0.213. The van der Waals surface area contributed by atoms with Gasteiger partial charge in [-0.3, -0.25) is 0 Å². The minimum Gasteiger partial charge on any atom is -0.100 e. The van der Waals surface area contributed by atoms with Crippen LogP contribution < -0.4 is 0 Å². The van der Waals surface area contributed by atoms with Crippen LogP contribution in [-0.4, -0.2) is 0 Å². The Balaban J connectivity index is 3.13. The normalized spacial score (nSPS) is 12.6. The molecule has 0 N–H and O–H groups in total. The molecule has 120 valence electrons. The van der Waals surface area contributed by atoms with Crippen molar-refractivity contribution in [3.05, 3.63) is 12.2 Å². The lowest BCUT2D eigenvalue weighted by Crippen LogP contribution is -1.95. The molecule has 1 unspecified atom stereocenters. The van der Waals surface area contributed by atoms with Crippen molar-refractivity contribution in [2.45, 2.75) is 111 Å². The van der Waals surface area contributed by atoms with E-state index in [0.29, 0.717) is 0 Å². The molecule has 0 spiro atoms. The number of hydrogen-bond donors (Lipinski definition) is 0. The lowest BCUT2D eigenvalue weighted by Gasteiger charge is -2.11. The van der Waals surface area contributed by atoms with E-state index in [4.69, 9.17) is 0 Å². The molecule has 0 aromatic heterocycles. The van der Waals surface area contributed by atoms with E-state index < -0.39 is 0 Å². The Morgan fingerprint density at radius 1 is 0.750 bits per heavy atom. The van der Waals surface area contributed by atoms with E-state index in [0.717, 1.165) is 5.92 Å². The number of rotatable bonds is 15. The van der Waals surface area contributed by atoms with Crippen molar-refractivity contribution in [3.63, 3.8) is 0 Å². The predicted molar refractivity (Wildman–Crippen MR) is 94.3 cm³/mol. The Labute approximate surface area is 129 Å². The van der Waals surface area contributed by atoms with Gasteiger partial charge in [-0.1, -0.05) is 96.5 Å². The molecule has 0 aliphatic carbocycles. The van der Waals surface area contributed by atoms with Crippen LogP contribution in [0.25, 0.3) is 0 Å². The van der Waals surface area contributed by atoms with Crippen LogP contribution >= 0.6 is 0 Å². The van der Waals surface area contributed by atoms with E-state index in [2.05, 4.69) is 27.4 Å². The molecule has 0 saturated heterocycles. The van der Waals surface area contributed by atoms with Crippen LogP contribution in [0.2, 0.25) is 0 Å². The maximum absolute atomic E-state index is 3.98. The van der Waals surface area contributed by atoms with Gasteiger partial charge >= 0.3 is 0 Å². The molecule has 0 saturated carbocycles. The third-order valence-electron chi connectivity index (χ3n) is 4.35. The molecule has 20 heavy (non-hydrogen) atoms. The van der Waals surface area contributed by atoms with E-state index in [1.165, 1.54) is 95.5 Å². The maximum Gasteiger partial charge on any atom is -0.0326 e. The first-order valence-corrected chi connectivity index (χ1v) is 9.31. The van der Waals surface area contributed by atoms with E-state index in [-0.39, 0.29) is 0 Å². The zero-order valence-corrected chi connectivity index (χ0v) is 14.7. The smallest absolute Gasteiger partial charge is 0.0326 e. The molecule has 0 bridgehead atoms. The Morgan fingerprint density at radius 2 is 1.20 bits per heavy atom. The SMILES string of the molecule is C=C(C)CCCC(C)CCCCCCCCCCCC. The monoisotopic (exact) mass is 280 g/mol. The van der Waals surface area contributed by atoms with Gasteiger partial charge in [0, 0.05) is 0 Å². The molecular weight excluding hydrogens is 240 g/mol. The van der Waals surface area contributed by atoms with Crippen LogP contribution in [0.1, 0.15) is 111 Å². The molecule has 0 aliphatic rings. The summed E-state index contributed by atoms with van der Waals surface area (Å²) in [5.41, 5.74) is 1.34. The molecule has 0 aliphatic heterocycles. The largest absolute Gasteiger partial charge is 0.100 e. The summed E-state index contributed by atoms with van der Waals surface area (Å²) < 4.78 is 0. The highest BCUT2D eigenvalue weighted by atomic mass is 14.1. The van der Waals surface area contributed by atoms with E-state index in [1.807, 2.05) is 0 Å². The molecular formula is C20H40. The average Bonchev–Trinajstić information content (AvgIpc) is 2.40. The van der Waals surface area contributed by atoms with Crippen LogP contribution in [0, 0.1) is 5.92 Å². The molecule has 0 heterocycles. The fourth-order valence-electron chi connectivity index (χ4n) is 2.88. The van der Waals surface area contributed by atoms with Gasteiger partial charge in [-0.15, -0.1) is 6.58 Å². The van der Waals surface area contributed by atoms with Crippen molar-refractivity contribution < 1.29 is 0 Å². The highest BCUT2D eigenvalue weighted by Gasteiger charge is 2.02. The summed E-state index contributed by atoms with van der Waals surface area (Å²) in [6, 6.07) is 0. The Morgan fingerprint density at radius 3 is 1.70 bits per heavy atom. The summed E-state index contributed by atoms with van der Waals surface area (Å²) in [7, 11) is 0. The highest BCUT2D eigenvalue weighted by Crippen LogP contribution is 2.18. The third-order valence-corrected chi connectivity index (χ3v) is 4.35. The van der Waals surface area contributed by atoms with Crippen molar-refractivity contribution in [2.75, 3.05) is 0 Å². The van der Waals surface area contributed by atoms with Crippen molar-refractivity contribution in [2.24, 2.45) is 5.92 Å². The summed E-state index contributed by atoms with van der Waals surface area (Å²) in [6.45, 7) is 10.8. The second kappa shape index (κ2) is 15.1. The fourth-order valence-corrected chi connectivity index (χ4v) is 2.88. The van der Waals surface area contributed by atoms with Crippen LogP contribution in [0.3, 0.4) is 0 Å². The Bertz CT molecular complexity index is 204. The van der Waals surface area contributed by atoms with E-state index in [9.17, 15) is 0 Å². The maximum atomic E-state index is 3.98. The van der Waals surface area contributed by atoms with Gasteiger partial charge in [-0.05, 0) is 25.7 Å². The van der Waals surface area contributed by atoms with Crippen LogP contribution in [0.5, 0.6) is 0 Å². The predicted octanol–water partition coefficient (Wildman–Crippen LogP) is 7.68. The zero-order valence-electron chi connectivity index (χ0n) is 14.7. The zero-order chi connectivity index (χ0) is 15.1. The summed E-state index contributed by atoms with van der Waals surface area (Å²) in [4.78, 5) is 0. The van der Waals surface area contributed by atoms with Gasteiger partial charge in [-0.25, -0.2) is 0 Å². The lowest BCUT2D eigenvalue weighted by molar-refractivity contribution is 0.442. The minimum absolute atomic E-state index is 0.920. The molecule has 0 radical (unpaired) electrons. The lowest BCUT2D eigenvalue weighted by atomic mass is 9.96. The summed E-state index contributed by atoms with van der Waals surface area (Å²) in [5.74, 6) is 0.920. The minimum atomic E-state index is 0.920. The topological polar surface area (TPSA) is 0 Å². The number of hydrogen-bond acceptors (Lipinski definition) is 0. The molecule has 0 heteroatoms. The van der Waals surface area contributed by atoms with Gasteiger partial charge in [0.2, 0.25) is 0 Å². The van der Waals surface area contributed by atoms with Crippen molar-refractivity contribution in [3.8, 4) is 0 Å². The van der Waals surface area contributed by atoms with Crippen LogP contribution in [0.15, 0.2) is 12.2 Å². The highest BCUT2D eigenvalue weighted by molar-refractivity contribution is 4.87. The van der Waals surface area contributed by atoms with E-state index >= 15 is 0 Å². The fraction of sp³-hybridized carbons (Fsp3) is 0.900. The Kier molecular flexibility index (Phi) is 14.9. The molecule has 0 aromatic rings. The van der Waals surface area contributed by atoms with Gasteiger partial charge in [0.05, 0.1) is 0 Å². The standard InChI is InChI=1S/C20H40/c1-5-6-7-8-9-10-11-12-13-14-17-20(4)18-15-16-19(2)3/h20H,2,5-18H2,1,3-4H3. The molecule has 0 nitrogen and oxygen atoms in total. The first-order chi connectivity index (χ1) is 9.66. The van der Waals surface area contributed by atoms with Crippen molar-refractivity contribution in [1.29, 1.82) is 0 Å². The van der Waals surface area contributed by atoms with Crippen molar-refractivity contribution in [1.82, 2.24) is 0 Å². The summed E-state index contributed by atoms with van der Waals surface area (Å²) >= 11 is 0. The van der Waals surface area contributed by atoms with Gasteiger partial charge in [0.25, 0.3) is 0 Å². The van der Waals surface area contributed by atoms with Crippen molar-refractivity contribution >= 4 is 0 Å². The van der Waals surface area contributed by atoms with Gasteiger partial charge < -0.3 is 0 Å². The number of unbranched alkanes of at least 4 members (excludes halogenated alkanes) is 9. The second-order valence-corrected chi connectivity index (χ2v) is 6.93. The molecule has 0 amide bonds.